The van der Waals surface area contributed by atoms with E-state index >= 15 is 0 Å². The molecule has 3 aromatic carbocycles. The summed E-state index contributed by atoms with van der Waals surface area (Å²) in [5, 5.41) is 6.19. The lowest BCUT2D eigenvalue weighted by Gasteiger charge is -2.06. The molecule has 4 aromatic rings. The SMILES string of the molecule is Cc1cccc(-c2nc(N)n(C(=O)c3cccc4ccccc34)n2)c1. The zero-order valence-corrected chi connectivity index (χ0v) is 13.7. The first-order valence-electron chi connectivity index (χ1n) is 7.95. The number of carbonyl (C=O) groups excluding carboxylic acids is 1. The van der Waals surface area contributed by atoms with E-state index in [2.05, 4.69) is 10.1 Å². The number of nitrogens with zero attached hydrogens (tertiary/aromatic N) is 3. The minimum Gasteiger partial charge on any atom is -0.368 e. The maximum absolute atomic E-state index is 13.0. The van der Waals surface area contributed by atoms with Crippen LogP contribution < -0.4 is 5.73 Å². The summed E-state index contributed by atoms with van der Waals surface area (Å²) < 4.78 is 1.17. The number of aromatic nitrogens is 3. The molecule has 0 atom stereocenters. The number of nitrogen functional groups attached to an aromatic ring is 1. The molecule has 0 saturated carbocycles. The van der Waals surface area contributed by atoms with E-state index in [1.165, 1.54) is 4.68 Å². The van der Waals surface area contributed by atoms with Crippen LogP contribution >= 0.6 is 0 Å². The van der Waals surface area contributed by atoms with Gasteiger partial charge in [0.15, 0.2) is 5.82 Å². The van der Waals surface area contributed by atoms with Gasteiger partial charge in [-0.15, -0.1) is 5.10 Å². The van der Waals surface area contributed by atoms with E-state index < -0.39 is 0 Å². The van der Waals surface area contributed by atoms with Gasteiger partial charge in [-0.25, -0.2) is 0 Å². The molecule has 122 valence electrons. The monoisotopic (exact) mass is 328 g/mol. The second-order valence-corrected chi connectivity index (χ2v) is 5.91. The second-order valence-electron chi connectivity index (χ2n) is 5.91. The Labute approximate surface area is 144 Å². The Kier molecular flexibility index (Phi) is 3.54. The van der Waals surface area contributed by atoms with Crippen LogP contribution in [0.1, 0.15) is 15.9 Å². The van der Waals surface area contributed by atoms with Crippen LogP contribution in [0.15, 0.2) is 66.7 Å². The first kappa shape index (κ1) is 15.1. The van der Waals surface area contributed by atoms with Crippen LogP contribution in [-0.4, -0.2) is 20.7 Å². The van der Waals surface area contributed by atoms with Gasteiger partial charge in [0.25, 0.3) is 5.91 Å². The average molecular weight is 328 g/mol. The number of benzene rings is 3. The fraction of sp³-hybridized carbons (Fsp3) is 0.0500. The standard InChI is InChI=1S/C20H16N4O/c1-13-6-4-9-15(12-13)18-22-20(21)24(23-18)19(25)17-11-5-8-14-7-2-3-10-16(14)17/h2-12H,1H3,(H2,21,22,23). The Morgan fingerprint density at radius 3 is 2.60 bits per heavy atom. The van der Waals surface area contributed by atoms with Crippen molar-refractivity contribution in [3.05, 3.63) is 77.9 Å². The van der Waals surface area contributed by atoms with Crippen molar-refractivity contribution in [2.75, 3.05) is 5.73 Å². The molecular weight excluding hydrogens is 312 g/mol. The number of anilines is 1. The Morgan fingerprint density at radius 1 is 1.00 bits per heavy atom. The van der Waals surface area contributed by atoms with Crippen LogP contribution in [0.5, 0.6) is 0 Å². The number of nitrogens with two attached hydrogens (primary N) is 1. The summed E-state index contributed by atoms with van der Waals surface area (Å²) in [5.74, 6) is 0.227. The fourth-order valence-electron chi connectivity index (χ4n) is 2.91. The molecule has 0 aliphatic carbocycles. The lowest BCUT2D eigenvalue weighted by Crippen LogP contribution is -2.16. The summed E-state index contributed by atoms with van der Waals surface area (Å²) in [5.41, 5.74) is 8.43. The smallest absolute Gasteiger partial charge is 0.282 e. The first-order chi connectivity index (χ1) is 12.1. The number of hydrogen-bond donors (Lipinski definition) is 1. The molecule has 0 bridgehead atoms. The Bertz CT molecular complexity index is 1090. The van der Waals surface area contributed by atoms with Gasteiger partial charge in [-0.3, -0.25) is 4.79 Å². The average Bonchev–Trinajstić information content (AvgIpc) is 3.02. The maximum Gasteiger partial charge on any atom is 0.282 e. The number of hydrogen-bond acceptors (Lipinski definition) is 4. The Morgan fingerprint density at radius 2 is 1.76 bits per heavy atom. The molecule has 4 rings (SSSR count). The van der Waals surface area contributed by atoms with Gasteiger partial charge in [0.1, 0.15) is 0 Å². The molecule has 0 unspecified atom stereocenters. The van der Waals surface area contributed by atoms with Crippen molar-refractivity contribution in [1.29, 1.82) is 0 Å². The van der Waals surface area contributed by atoms with Crippen LogP contribution in [0.25, 0.3) is 22.2 Å². The molecule has 0 aliphatic heterocycles. The van der Waals surface area contributed by atoms with Crippen molar-refractivity contribution in [3.8, 4) is 11.4 Å². The van der Waals surface area contributed by atoms with Crippen molar-refractivity contribution in [1.82, 2.24) is 14.8 Å². The highest BCUT2D eigenvalue weighted by molar-refractivity contribution is 6.08. The number of carbonyl (C=O) groups is 1. The molecule has 5 heteroatoms. The third kappa shape index (κ3) is 2.65. The Hall–Kier alpha value is -3.47. The first-order valence-corrected chi connectivity index (χ1v) is 7.95. The molecule has 0 radical (unpaired) electrons. The highest BCUT2D eigenvalue weighted by atomic mass is 16.2. The van der Waals surface area contributed by atoms with Gasteiger partial charge in [0.05, 0.1) is 0 Å². The molecule has 0 saturated heterocycles. The van der Waals surface area contributed by atoms with Gasteiger partial charge >= 0.3 is 0 Å². The van der Waals surface area contributed by atoms with Crippen molar-refractivity contribution < 1.29 is 4.79 Å². The minimum atomic E-state index is -0.291. The zero-order chi connectivity index (χ0) is 17.4. The topological polar surface area (TPSA) is 73.8 Å². The van der Waals surface area contributed by atoms with Crippen LogP contribution in [-0.2, 0) is 0 Å². The van der Waals surface area contributed by atoms with Crippen molar-refractivity contribution in [2.24, 2.45) is 0 Å². The van der Waals surface area contributed by atoms with Gasteiger partial charge < -0.3 is 5.73 Å². The normalized spacial score (nSPS) is 10.9. The maximum atomic E-state index is 13.0. The third-order valence-electron chi connectivity index (χ3n) is 4.12. The predicted octanol–water partition coefficient (Wildman–Crippen LogP) is 3.68. The van der Waals surface area contributed by atoms with Crippen LogP contribution in [0.3, 0.4) is 0 Å². The number of fused-ring (bicyclic) bond motifs is 1. The number of aryl methyl sites for hydroxylation is 1. The van der Waals surface area contributed by atoms with Crippen LogP contribution in [0.4, 0.5) is 5.95 Å². The lowest BCUT2D eigenvalue weighted by atomic mass is 10.0. The van der Waals surface area contributed by atoms with E-state index in [0.29, 0.717) is 11.4 Å². The molecular formula is C20H16N4O. The van der Waals surface area contributed by atoms with E-state index in [0.717, 1.165) is 21.9 Å². The molecule has 1 heterocycles. The zero-order valence-electron chi connectivity index (χ0n) is 13.7. The van der Waals surface area contributed by atoms with Gasteiger partial charge in [-0.05, 0) is 29.8 Å². The predicted molar refractivity (Wildman–Crippen MR) is 98.3 cm³/mol. The molecule has 2 N–H and O–H groups in total. The summed E-state index contributed by atoms with van der Waals surface area (Å²) in [7, 11) is 0. The summed E-state index contributed by atoms with van der Waals surface area (Å²) in [6, 6.07) is 21.1. The van der Waals surface area contributed by atoms with Gasteiger partial charge in [-0.2, -0.15) is 9.67 Å². The van der Waals surface area contributed by atoms with E-state index in [1.807, 2.05) is 67.6 Å². The third-order valence-corrected chi connectivity index (χ3v) is 4.12. The second kappa shape index (κ2) is 5.87. The molecule has 25 heavy (non-hydrogen) atoms. The Balaban J connectivity index is 1.81. The van der Waals surface area contributed by atoms with Gasteiger partial charge in [0, 0.05) is 11.1 Å². The molecule has 0 amide bonds. The van der Waals surface area contributed by atoms with E-state index in [9.17, 15) is 4.79 Å². The van der Waals surface area contributed by atoms with E-state index in [4.69, 9.17) is 5.73 Å². The summed E-state index contributed by atoms with van der Waals surface area (Å²) in [6.07, 6.45) is 0. The van der Waals surface area contributed by atoms with Crippen molar-refractivity contribution in [2.45, 2.75) is 6.92 Å². The highest BCUT2D eigenvalue weighted by Crippen LogP contribution is 2.22. The molecule has 0 aliphatic rings. The summed E-state index contributed by atoms with van der Waals surface area (Å²) >= 11 is 0. The van der Waals surface area contributed by atoms with Crippen molar-refractivity contribution in [3.63, 3.8) is 0 Å². The molecule has 0 fully saturated rings. The minimum absolute atomic E-state index is 0.0782. The molecule has 1 aromatic heterocycles. The quantitative estimate of drug-likeness (QED) is 0.609. The molecule has 5 nitrogen and oxygen atoms in total. The van der Waals surface area contributed by atoms with E-state index in [1.54, 1.807) is 6.07 Å². The van der Waals surface area contributed by atoms with Gasteiger partial charge in [-0.1, -0.05) is 60.2 Å². The van der Waals surface area contributed by atoms with Crippen molar-refractivity contribution >= 4 is 22.6 Å². The van der Waals surface area contributed by atoms with Crippen LogP contribution in [0, 0.1) is 6.92 Å². The van der Waals surface area contributed by atoms with Gasteiger partial charge in [0.2, 0.25) is 5.95 Å². The largest absolute Gasteiger partial charge is 0.368 e. The highest BCUT2D eigenvalue weighted by Gasteiger charge is 2.18. The van der Waals surface area contributed by atoms with E-state index in [-0.39, 0.29) is 11.9 Å². The summed E-state index contributed by atoms with van der Waals surface area (Å²) in [4.78, 5) is 17.2. The molecule has 0 spiro atoms. The fourth-order valence-corrected chi connectivity index (χ4v) is 2.91. The number of rotatable bonds is 2. The lowest BCUT2D eigenvalue weighted by molar-refractivity contribution is 0.0949. The van der Waals surface area contributed by atoms with Crippen LogP contribution in [0.2, 0.25) is 0 Å². The summed E-state index contributed by atoms with van der Waals surface area (Å²) in [6.45, 7) is 1.99.